The molecular formula is C24H43NO3SSi. The van der Waals surface area contributed by atoms with Gasteiger partial charge in [0, 0.05) is 0 Å². The first-order chi connectivity index (χ1) is 13.3. The highest BCUT2D eigenvalue weighted by Crippen LogP contribution is 2.41. The molecule has 30 heavy (non-hydrogen) atoms. The van der Waals surface area contributed by atoms with E-state index in [1.807, 2.05) is 33.8 Å². The second-order valence-electron chi connectivity index (χ2n) is 11.5. The number of ether oxygens (including phenoxy) is 1. The quantitative estimate of drug-likeness (QED) is 0.251. The van der Waals surface area contributed by atoms with Gasteiger partial charge in [0.15, 0.2) is 5.75 Å². The molecule has 172 valence electrons. The third-order valence-electron chi connectivity index (χ3n) is 5.13. The molecule has 0 saturated heterocycles. The van der Waals surface area contributed by atoms with Gasteiger partial charge in [0.25, 0.3) is 8.32 Å². The molecule has 1 aromatic carbocycles. The highest BCUT2D eigenvalue weighted by Gasteiger charge is 2.39. The summed E-state index contributed by atoms with van der Waals surface area (Å²) < 4.78 is 29.1. The van der Waals surface area contributed by atoms with Crippen molar-refractivity contribution in [2.75, 3.05) is 0 Å². The van der Waals surface area contributed by atoms with E-state index in [4.69, 9.17) is 9.16 Å². The number of nitrogens with zero attached hydrogens (tertiary/aromatic N) is 1. The van der Waals surface area contributed by atoms with E-state index in [0.717, 1.165) is 35.6 Å². The van der Waals surface area contributed by atoms with Gasteiger partial charge in [-0.05, 0) is 97.1 Å². The van der Waals surface area contributed by atoms with Gasteiger partial charge in [-0.15, -0.1) is 0 Å². The molecule has 0 N–H and O–H groups in total. The van der Waals surface area contributed by atoms with Crippen molar-refractivity contribution in [1.29, 1.82) is 0 Å². The first-order valence-electron chi connectivity index (χ1n) is 10.8. The van der Waals surface area contributed by atoms with Gasteiger partial charge in [-0.1, -0.05) is 31.2 Å². The zero-order valence-corrected chi connectivity index (χ0v) is 23.0. The molecule has 1 rings (SSSR count). The predicted octanol–water partition coefficient (Wildman–Crippen LogP) is 7.10. The van der Waals surface area contributed by atoms with Crippen LogP contribution < -0.4 is 9.16 Å². The van der Waals surface area contributed by atoms with Crippen molar-refractivity contribution in [2.45, 2.75) is 111 Å². The number of hydrogen-bond donors (Lipinski definition) is 0. The van der Waals surface area contributed by atoms with Gasteiger partial charge in [0.1, 0.15) is 27.5 Å². The number of aryl methyl sites for hydroxylation is 1. The van der Waals surface area contributed by atoms with Gasteiger partial charge in [0.2, 0.25) is 0 Å². The highest BCUT2D eigenvalue weighted by atomic mass is 32.2. The summed E-state index contributed by atoms with van der Waals surface area (Å²) in [5.41, 5.74) is 1.75. The summed E-state index contributed by atoms with van der Waals surface area (Å²) in [6, 6.07) is 6.23. The fourth-order valence-corrected chi connectivity index (χ4v) is 3.95. The van der Waals surface area contributed by atoms with Crippen molar-refractivity contribution in [3.05, 3.63) is 23.8 Å². The monoisotopic (exact) mass is 453 g/mol. The van der Waals surface area contributed by atoms with E-state index in [9.17, 15) is 4.55 Å². The number of hydrogen-bond acceptors (Lipinski definition) is 4. The fraction of sp³-hybridized carbons (Fsp3) is 0.708. The molecular weight excluding hydrogens is 410 g/mol. The van der Waals surface area contributed by atoms with Crippen LogP contribution in [0.2, 0.25) is 18.1 Å². The van der Waals surface area contributed by atoms with Crippen LogP contribution in [0.1, 0.15) is 81.2 Å². The van der Waals surface area contributed by atoms with Crippen molar-refractivity contribution in [3.8, 4) is 11.5 Å². The minimum atomic E-state index is -1.98. The van der Waals surface area contributed by atoms with Gasteiger partial charge < -0.3 is 13.7 Å². The van der Waals surface area contributed by atoms with Crippen LogP contribution in [-0.2, 0) is 17.8 Å². The van der Waals surface area contributed by atoms with Gasteiger partial charge in [-0.25, -0.2) is 0 Å². The Morgan fingerprint density at radius 1 is 1.00 bits per heavy atom. The lowest BCUT2D eigenvalue weighted by Gasteiger charge is -2.37. The van der Waals surface area contributed by atoms with E-state index in [1.165, 1.54) is 0 Å². The summed E-state index contributed by atoms with van der Waals surface area (Å²) in [4.78, 5) is 0. The molecule has 0 amide bonds. The molecule has 0 aromatic heterocycles. The summed E-state index contributed by atoms with van der Waals surface area (Å²) in [6.45, 7) is 25.1. The van der Waals surface area contributed by atoms with Gasteiger partial charge in [-0.2, -0.15) is 0 Å². The molecule has 0 heterocycles. The van der Waals surface area contributed by atoms with Gasteiger partial charge >= 0.3 is 0 Å². The molecule has 0 aliphatic rings. The first kappa shape index (κ1) is 27.1. The summed E-state index contributed by atoms with van der Waals surface area (Å²) in [5, 5.41) is 0.112. The largest absolute Gasteiger partial charge is 0.591 e. The second kappa shape index (κ2) is 9.66. The van der Waals surface area contributed by atoms with E-state index >= 15 is 0 Å². The Morgan fingerprint density at radius 3 is 2.03 bits per heavy atom. The third-order valence-corrected chi connectivity index (χ3v) is 11.0. The lowest BCUT2D eigenvalue weighted by atomic mass is 10.1. The van der Waals surface area contributed by atoms with Gasteiger partial charge in [0.05, 0.1) is 5.71 Å². The maximum absolute atomic E-state index is 12.2. The Labute approximate surface area is 189 Å². The Hall–Kier alpha value is -0.983. The van der Waals surface area contributed by atoms with Crippen LogP contribution in [0.3, 0.4) is 0 Å². The zero-order chi connectivity index (χ0) is 23.5. The van der Waals surface area contributed by atoms with Crippen molar-refractivity contribution in [1.82, 2.24) is 0 Å². The normalized spacial score (nSPS) is 15.2. The van der Waals surface area contributed by atoms with Crippen LogP contribution >= 0.6 is 0 Å². The topological polar surface area (TPSA) is 53.9 Å². The van der Waals surface area contributed by atoms with Crippen molar-refractivity contribution in [3.63, 3.8) is 0 Å². The maximum atomic E-state index is 12.2. The van der Waals surface area contributed by atoms with Crippen molar-refractivity contribution in [2.24, 2.45) is 4.40 Å². The van der Waals surface area contributed by atoms with Crippen LogP contribution in [0, 0.1) is 0 Å². The standard InChI is InChI=1S/C24H43NO3SSi/c1-18(25-29(26)23(5,6)7)13-14-19-15-16-20(21(17-19)27-22(2,3)4)28-30(11,12)24(8,9)10/h15-17H,13-14H2,1-12H3. The van der Waals surface area contributed by atoms with Crippen LogP contribution in [0.4, 0.5) is 0 Å². The van der Waals surface area contributed by atoms with Crippen LogP contribution in [0.15, 0.2) is 22.6 Å². The second-order valence-corrected chi connectivity index (χ2v) is 18.2. The Balaban J connectivity index is 3.09. The molecule has 0 fully saturated rings. The molecule has 0 radical (unpaired) electrons. The van der Waals surface area contributed by atoms with Gasteiger partial charge in [-0.3, -0.25) is 0 Å². The maximum Gasteiger partial charge on any atom is 0.250 e. The summed E-state index contributed by atoms with van der Waals surface area (Å²) >= 11 is -1.22. The van der Waals surface area contributed by atoms with E-state index in [-0.39, 0.29) is 15.4 Å². The number of rotatable bonds is 7. The molecule has 0 spiro atoms. The predicted molar refractivity (Wildman–Crippen MR) is 134 cm³/mol. The lowest BCUT2D eigenvalue weighted by molar-refractivity contribution is 0.127. The molecule has 1 aromatic rings. The molecule has 0 saturated carbocycles. The third kappa shape index (κ3) is 8.64. The number of benzene rings is 1. The first-order valence-corrected chi connectivity index (χ1v) is 14.8. The Kier molecular flexibility index (Phi) is 8.71. The van der Waals surface area contributed by atoms with E-state index in [2.05, 4.69) is 71.2 Å². The molecule has 0 aliphatic heterocycles. The zero-order valence-electron chi connectivity index (χ0n) is 21.2. The molecule has 6 heteroatoms. The molecule has 1 unspecified atom stereocenters. The van der Waals surface area contributed by atoms with E-state index in [1.54, 1.807) is 0 Å². The minimum Gasteiger partial charge on any atom is -0.591 e. The van der Waals surface area contributed by atoms with Crippen LogP contribution in [-0.4, -0.2) is 28.9 Å². The molecule has 0 bridgehead atoms. The van der Waals surface area contributed by atoms with E-state index < -0.39 is 19.7 Å². The fourth-order valence-electron chi connectivity index (χ4n) is 2.28. The average molecular weight is 454 g/mol. The van der Waals surface area contributed by atoms with Crippen LogP contribution in [0.5, 0.6) is 11.5 Å². The van der Waals surface area contributed by atoms with Crippen molar-refractivity contribution >= 4 is 25.4 Å². The molecule has 0 aliphatic carbocycles. The molecule has 1 atom stereocenters. The lowest BCUT2D eigenvalue weighted by Crippen LogP contribution is -2.44. The average Bonchev–Trinajstić information content (AvgIpc) is 2.51. The van der Waals surface area contributed by atoms with Crippen LogP contribution in [0.25, 0.3) is 0 Å². The Bertz CT molecular complexity index is 740. The minimum absolute atomic E-state index is 0.112. The summed E-state index contributed by atoms with van der Waals surface area (Å²) in [5.74, 6) is 1.61. The highest BCUT2D eigenvalue weighted by molar-refractivity contribution is 7.91. The van der Waals surface area contributed by atoms with Crippen molar-refractivity contribution < 1.29 is 13.7 Å². The smallest absolute Gasteiger partial charge is 0.250 e. The molecule has 4 nitrogen and oxygen atoms in total. The van der Waals surface area contributed by atoms with E-state index in [0.29, 0.717) is 0 Å². The SMILES string of the molecule is CC(CCc1ccc(O[Si](C)(C)C(C)(C)C)c(OC(C)(C)C)c1)=N[S+]([O-])C(C)(C)C. The Morgan fingerprint density at radius 2 is 1.57 bits per heavy atom. The summed E-state index contributed by atoms with van der Waals surface area (Å²) in [6.07, 6.45) is 1.58. The summed E-state index contributed by atoms with van der Waals surface area (Å²) in [7, 11) is -1.98.